The van der Waals surface area contributed by atoms with Gasteiger partial charge in [0.15, 0.2) is 0 Å². The van der Waals surface area contributed by atoms with Crippen molar-refractivity contribution in [3.8, 4) is 0 Å². The third kappa shape index (κ3) is 2.56. The van der Waals surface area contributed by atoms with Crippen molar-refractivity contribution in [3.05, 3.63) is 26.9 Å². The molecule has 0 saturated carbocycles. The zero-order valence-electron chi connectivity index (χ0n) is 8.24. The molecule has 0 unspecified atom stereocenters. The molecule has 0 fully saturated rings. The van der Waals surface area contributed by atoms with Gasteiger partial charge < -0.3 is 5.73 Å². The summed E-state index contributed by atoms with van der Waals surface area (Å²) in [5.74, 6) is 0.214. The molecule has 0 saturated heterocycles. The summed E-state index contributed by atoms with van der Waals surface area (Å²) in [6, 6.07) is 0. The predicted octanol–water partition coefficient (Wildman–Crippen LogP) is 2.56. The Balaban J connectivity index is 0.000000791. The molecule has 0 aliphatic carbocycles. The smallest absolute Gasteiger partial charge is 0.306 e. The van der Waals surface area contributed by atoms with Crippen molar-refractivity contribution in [2.24, 2.45) is 0 Å². The van der Waals surface area contributed by atoms with E-state index in [1.807, 2.05) is 13.8 Å². The Kier molecular flexibility index (Phi) is 4.86. The SMILES string of the molecule is CC.Cc1c(N)ncc([N+](=O)[O-])c1Cl. The number of halogens is 1. The van der Waals surface area contributed by atoms with Gasteiger partial charge in [-0.2, -0.15) is 0 Å². The van der Waals surface area contributed by atoms with E-state index in [2.05, 4.69) is 4.98 Å². The van der Waals surface area contributed by atoms with E-state index in [1.165, 1.54) is 0 Å². The molecule has 1 aromatic rings. The molecule has 0 aliphatic rings. The maximum atomic E-state index is 10.3. The normalized spacial score (nSPS) is 8.86. The predicted molar refractivity (Wildman–Crippen MR) is 56.4 cm³/mol. The minimum atomic E-state index is -0.595. The van der Waals surface area contributed by atoms with Crippen molar-refractivity contribution in [1.82, 2.24) is 4.98 Å². The second kappa shape index (κ2) is 5.39. The molecule has 1 aromatic heterocycles. The number of hydrogen-bond acceptors (Lipinski definition) is 4. The summed E-state index contributed by atoms with van der Waals surface area (Å²) in [6.07, 6.45) is 1.05. The molecular weight excluding hydrogens is 206 g/mol. The van der Waals surface area contributed by atoms with Gasteiger partial charge in [-0.25, -0.2) is 4.98 Å². The molecule has 14 heavy (non-hydrogen) atoms. The maximum Gasteiger partial charge on any atom is 0.306 e. The molecule has 0 aliphatic heterocycles. The topological polar surface area (TPSA) is 82.0 Å². The molecular formula is C8H12ClN3O2. The lowest BCUT2D eigenvalue weighted by Gasteiger charge is -2.00. The van der Waals surface area contributed by atoms with Gasteiger partial charge in [0, 0.05) is 5.56 Å². The number of nitrogen functional groups attached to an aromatic ring is 1. The standard InChI is InChI=1S/C6H6ClN3O2.C2H6/c1-3-5(7)4(10(11)12)2-9-6(3)8;1-2/h2H,1H3,(H2,8,9);1-2H3. The molecule has 5 nitrogen and oxygen atoms in total. The van der Waals surface area contributed by atoms with Crippen LogP contribution in [0.4, 0.5) is 11.5 Å². The van der Waals surface area contributed by atoms with Gasteiger partial charge in [0.25, 0.3) is 0 Å². The Morgan fingerprint density at radius 1 is 1.57 bits per heavy atom. The summed E-state index contributed by atoms with van der Waals surface area (Å²) in [6.45, 7) is 5.58. The van der Waals surface area contributed by atoms with Gasteiger partial charge in [-0.3, -0.25) is 10.1 Å². The monoisotopic (exact) mass is 217 g/mol. The Hall–Kier alpha value is -1.36. The third-order valence-corrected chi connectivity index (χ3v) is 1.94. The van der Waals surface area contributed by atoms with Crippen LogP contribution in [0.3, 0.4) is 0 Å². The molecule has 78 valence electrons. The van der Waals surface area contributed by atoms with E-state index in [9.17, 15) is 10.1 Å². The van der Waals surface area contributed by atoms with Crippen LogP contribution in [0.2, 0.25) is 5.02 Å². The van der Waals surface area contributed by atoms with E-state index in [-0.39, 0.29) is 16.5 Å². The molecule has 0 amide bonds. The second-order valence-corrected chi connectivity index (χ2v) is 2.60. The average molecular weight is 218 g/mol. The zero-order chi connectivity index (χ0) is 11.3. The second-order valence-electron chi connectivity index (χ2n) is 2.22. The van der Waals surface area contributed by atoms with E-state index in [0.29, 0.717) is 5.56 Å². The van der Waals surface area contributed by atoms with Crippen molar-refractivity contribution in [1.29, 1.82) is 0 Å². The fraction of sp³-hybridized carbons (Fsp3) is 0.375. The summed E-state index contributed by atoms with van der Waals surface area (Å²) in [5, 5.41) is 10.4. The lowest BCUT2D eigenvalue weighted by molar-refractivity contribution is -0.385. The highest BCUT2D eigenvalue weighted by Gasteiger charge is 2.16. The number of pyridine rings is 1. The lowest BCUT2D eigenvalue weighted by Crippen LogP contribution is -1.98. The van der Waals surface area contributed by atoms with Crippen LogP contribution in [0, 0.1) is 17.0 Å². The van der Waals surface area contributed by atoms with Gasteiger partial charge >= 0.3 is 5.69 Å². The maximum absolute atomic E-state index is 10.3. The van der Waals surface area contributed by atoms with Crippen molar-refractivity contribution in [2.45, 2.75) is 20.8 Å². The molecule has 6 heteroatoms. The molecule has 0 radical (unpaired) electrons. The molecule has 2 N–H and O–H groups in total. The van der Waals surface area contributed by atoms with Crippen LogP contribution < -0.4 is 5.73 Å². The summed E-state index contributed by atoms with van der Waals surface area (Å²) < 4.78 is 0. The minimum absolute atomic E-state index is 0.0486. The quantitative estimate of drug-likeness (QED) is 0.579. The summed E-state index contributed by atoms with van der Waals surface area (Å²) >= 11 is 5.63. The molecule has 0 bridgehead atoms. The van der Waals surface area contributed by atoms with E-state index in [4.69, 9.17) is 17.3 Å². The number of anilines is 1. The summed E-state index contributed by atoms with van der Waals surface area (Å²) in [4.78, 5) is 13.3. The van der Waals surface area contributed by atoms with Gasteiger partial charge in [-0.05, 0) is 6.92 Å². The van der Waals surface area contributed by atoms with Gasteiger partial charge in [0.05, 0.1) is 4.92 Å². The number of aromatic nitrogens is 1. The first kappa shape index (κ1) is 12.6. The van der Waals surface area contributed by atoms with Crippen LogP contribution >= 0.6 is 11.6 Å². The average Bonchev–Trinajstić information content (AvgIpc) is 2.17. The third-order valence-electron chi connectivity index (χ3n) is 1.46. The zero-order valence-corrected chi connectivity index (χ0v) is 9.00. The van der Waals surface area contributed by atoms with E-state index in [0.717, 1.165) is 6.20 Å². The minimum Gasteiger partial charge on any atom is -0.383 e. The first-order valence-corrected chi connectivity index (χ1v) is 4.46. The highest BCUT2D eigenvalue weighted by atomic mass is 35.5. The van der Waals surface area contributed by atoms with Gasteiger partial charge in [0.2, 0.25) is 0 Å². The number of nitrogens with two attached hydrogens (primary N) is 1. The summed E-state index contributed by atoms with van der Waals surface area (Å²) in [7, 11) is 0. The Bertz CT molecular complexity index is 342. The number of rotatable bonds is 1. The van der Waals surface area contributed by atoms with Crippen LogP contribution in [-0.2, 0) is 0 Å². The van der Waals surface area contributed by atoms with Crippen LogP contribution in [-0.4, -0.2) is 9.91 Å². The van der Waals surface area contributed by atoms with Crippen molar-refractivity contribution in [2.75, 3.05) is 5.73 Å². The Morgan fingerprint density at radius 3 is 2.50 bits per heavy atom. The van der Waals surface area contributed by atoms with Crippen molar-refractivity contribution in [3.63, 3.8) is 0 Å². The van der Waals surface area contributed by atoms with Gasteiger partial charge in [-0.1, -0.05) is 25.4 Å². The molecule has 0 atom stereocenters. The van der Waals surface area contributed by atoms with Crippen molar-refractivity contribution >= 4 is 23.1 Å². The van der Waals surface area contributed by atoms with Crippen LogP contribution in [0.5, 0.6) is 0 Å². The Labute approximate surface area is 87.0 Å². The van der Waals surface area contributed by atoms with Crippen LogP contribution in [0.1, 0.15) is 19.4 Å². The van der Waals surface area contributed by atoms with Crippen LogP contribution in [0.15, 0.2) is 6.20 Å². The van der Waals surface area contributed by atoms with Gasteiger partial charge in [0.1, 0.15) is 17.0 Å². The fourth-order valence-electron chi connectivity index (χ4n) is 0.716. The molecule has 1 rings (SSSR count). The first-order valence-electron chi connectivity index (χ1n) is 4.09. The highest BCUT2D eigenvalue weighted by molar-refractivity contribution is 6.33. The van der Waals surface area contributed by atoms with E-state index in [1.54, 1.807) is 6.92 Å². The Morgan fingerprint density at radius 2 is 2.07 bits per heavy atom. The number of nitro groups is 1. The lowest BCUT2D eigenvalue weighted by atomic mass is 10.2. The van der Waals surface area contributed by atoms with Crippen LogP contribution in [0.25, 0.3) is 0 Å². The molecule has 0 aromatic carbocycles. The fourth-order valence-corrected chi connectivity index (χ4v) is 0.931. The number of hydrogen-bond donors (Lipinski definition) is 1. The van der Waals surface area contributed by atoms with Gasteiger partial charge in [-0.15, -0.1) is 0 Å². The summed E-state index contributed by atoms with van der Waals surface area (Å²) in [5.41, 5.74) is 5.59. The largest absolute Gasteiger partial charge is 0.383 e. The molecule has 1 heterocycles. The highest BCUT2D eigenvalue weighted by Crippen LogP contribution is 2.28. The van der Waals surface area contributed by atoms with Crippen molar-refractivity contribution < 1.29 is 4.92 Å². The number of nitrogens with zero attached hydrogens (tertiary/aromatic N) is 2. The first-order chi connectivity index (χ1) is 6.54. The van der Waals surface area contributed by atoms with E-state index >= 15 is 0 Å². The van der Waals surface area contributed by atoms with E-state index < -0.39 is 4.92 Å². The molecule has 0 spiro atoms.